The van der Waals surface area contributed by atoms with E-state index in [0.29, 0.717) is 0 Å². The first-order valence-corrected chi connectivity index (χ1v) is 3.33. The van der Waals surface area contributed by atoms with Crippen LogP contribution in [0.4, 0.5) is 0 Å². The first-order valence-electron chi connectivity index (χ1n) is 3.33. The SMILES string of the molecule is Cn1cncc1-c1cnc[nH]1. The normalized spacial score (nSPS) is 10.3. The number of hydrogen-bond donors (Lipinski definition) is 1. The highest BCUT2D eigenvalue weighted by molar-refractivity contribution is 5.51. The van der Waals surface area contributed by atoms with Gasteiger partial charge in [-0.05, 0) is 0 Å². The van der Waals surface area contributed by atoms with Crippen LogP contribution < -0.4 is 0 Å². The molecule has 2 aromatic rings. The summed E-state index contributed by atoms with van der Waals surface area (Å²) in [7, 11) is 1.95. The van der Waals surface area contributed by atoms with Crippen molar-refractivity contribution in [3.63, 3.8) is 0 Å². The predicted octanol–water partition coefficient (Wildman–Crippen LogP) is 0.810. The molecular weight excluding hydrogens is 140 g/mol. The van der Waals surface area contributed by atoms with Crippen LogP contribution in [0, 0.1) is 0 Å². The molecule has 0 aromatic carbocycles. The molecule has 0 aliphatic heterocycles. The first kappa shape index (κ1) is 6.15. The van der Waals surface area contributed by atoms with Gasteiger partial charge < -0.3 is 9.55 Å². The van der Waals surface area contributed by atoms with Crippen LogP contribution in [0.25, 0.3) is 11.4 Å². The van der Waals surface area contributed by atoms with Gasteiger partial charge in [-0.3, -0.25) is 0 Å². The number of nitrogens with zero attached hydrogens (tertiary/aromatic N) is 3. The second-order valence-corrected chi connectivity index (χ2v) is 2.36. The Kier molecular flexibility index (Phi) is 1.25. The maximum absolute atomic E-state index is 3.99. The van der Waals surface area contributed by atoms with Crippen LogP contribution in [0.3, 0.4) is 0 Å². The Balaban J connectivity index is 2.53. The highest BCUT2D eigenvalue weighted by Crippen LogP contribution is 2.12. The summed E-state index contributed by atoms with van der Waals surface area (Å²) in [5, 5.41) is 0. The van der Waals surface area contributed by atoms with Crippen molar-refractivity contribution in [2.75, 3.05) is 0 Å². The zero-order chi connectivity index (χ0) is 7.68. The Labute approximate surface area is 63.9 Å². The standard InChI is InChI=1S/C7H8N4/c1-11-5-9-3-7(11)6-2-8-4-10-6/h2-5H,1H3,(H,8,10). The van der Waals surface area contributed by atoms with E-state index in [0.717, 1.165) is 11.4 Å². The van der Waals surface area contributed by atoms with Crippen molar-refractivity contribution in [3.8, 4) is 11.4 Å². The van der Waals surface area contributed by atoms with Crippen molar-refractivity contribution >= 4 is 0 Å². The number of hydrogen-bond acceptors (Lipinski definition) is 2. The molecule has 2 heterocycles. The molecule has 2 rings (SSSR count). The molecule has 0 saturated heterocycles. The Hall–Kier alpha value is -1.58. The van der Waals surface area contributed by atoms with Crippen LogP contribution >= 0.6 is 0 Å². The zero-order valence-electron chi connectivity index (χ0n) is 6.15. The molecule has 0 aliphatic rings. The average Bonchev–Trinajstić information content (AvgIpc) is 2.55. The Bertz CT molecular complexity index is 333. The topological polar surface area (TPSA) is 46.5 Å². The fraction of sp³-hybridized carbons (Fsp3) is 0.143. The van der Waals surface area contributed by atoms with Gasteiger partial charge in [0.2, 0.25) is 0 Å². The van der Waals surface area contributed by atoms with Crippen molar-refractivity contribution in [1.29, 1.82) is 0 Å². The number of aromatic nitrogens is 4. The van der Waals surface area contributed by atoms with E-state index in [1.54, 1.807) is 25.0 Å². The molecule has 4 heteroatoms. The molecule has 56 valence electrons. The summed E-state index contributed by atoms with van der Waals surface area (Å²) in [6, 6.07) is 0. The highest BCUT2D eigenvalue weighted by Gasteiger charge is 2.01. The maximum atomic E-state index is 3.99. The van der Waals surface area contributed by atoms with Crippen LogP contribution in [-0.2, 0) is 7.05 Å². The molecule has 0 spiro atoms. The third-order valence-corrected chi connectivity index (χ3v) is 1.59. The molecule has 0 fully saturated rings. The smallest absolute Gasteiger partial charge is 0.0948 e. The van der Waals surface area contributed by atoms with E-state index >= 15 is 0 Å². The van der Waals surface area contributed by atoms with Crippen molar-refractivity contribution in [2.24, 2.45) is 7.05 Å². The fourth-order valence-corrected chi connectivity index (χ4v) is 1.01. The molecule has 0 saturated carbocycles. The van der Waals surface area contributed by atoms with Gasteiger partial charge >= 0.3 is 0 Å². The third kappa shape index (κ3) is 0.920. The van der Waals surface area contributed by atoms with Crippen LogP contribution in [0.1, 0.15) is 0 Å². The number of rotatable bonds is 1. The average molecular weight is 148 g/mol. The van der Waals surface area contributed by atoms with Crippen LogP contribution in [0.15, 0.2) is 25.0 Å². The lowest BCUT2D eigenvalue weighted by Crippen LogP contribution is -1.88. The predicted molar refractivity (Wildman–Crippen MR) is 40.8 cm³/mol. The van der Waals surface area contributed by atoms with Crippen molar-refractivity contribution in [2.45, 2.75) is 0 Å². The summed E-state index contributed by atoms with van der Waals surface area (Å²) >= 11 is 0. The van der Waals surface area contributed by atoms with E-state index in [2.05, 4.69) is 15.0 Å². The van der Waals surface area contributed by atoms with Crippen LogP contribution in [0.5, 0.6) is 0 Å². The summed E-state index contributed by atoms with van der Waals surface area (Å²) in [6.07, 6.45) is 6.99. The van der Waals surface area contributed by atoms with Crippen molar-refractivity contribution < 1.29 is 0 Å². The molecular formula is C7H8N4. The Morgan fingerprint density at radius 1 is 1.36 bits per heavy atom. The van der Waals surface area contributed by atoms with E-state index in [1.165, 1.54) is 0 Å². The lowest BCUT2D eigenvalue weighted by Gasteiger charge is -1.95. The van der Waals surface area contributed by atoms with Crippen LogP contribution in [-0.4, -0.2) is 19.5 Å². The summed E-state index contributed by atoms with van der Waals surface area (Å²) in [5.41, 5.74) is 2.03. The minimum Gasteiger partial charge on any atom is -0.343 e. The largest absolute Gasteiger partial charge is 0.343 e. The monoisotopic (exact) mass is 148 g/mol. The summed E-state index contributed by atoms with van der Waals surface area (Å²) in [6.45, 7) is 0. The number of aromatic amines is 1. The van der Waals surface area contributed by atoms with Crippen molar-refractivity contribution in [3.05, 3.63) is 25.0 Å². The Morgan fingerprint density at radius 3 is 2.82 bits per heavy atom. The molecule has 0 radical (unpaired) electrons. The molecule has 0 atom stereocenters. The van der Waals surface area contributed by atoms with E-state index in [4.69, 9.17) is 0 Å². The number of imidazole rings is 2. The second kappa shape index (κ2) is 2.23. The molecule has 4 nitrogen and oxygen atoms in total. The maximum Gasteiger partial charge on any atom is 0.0948 e. The van der Waals surface area contributed by atoms with E-state index in [1.807, 2.05) is 11.6 Å². The van der Waals surface area contributed by atoms with Gasteiger partial charge in [-0.15, -0.1) is 0 Å². The van der Waals surface area contributed by atoms with Gasteiger partial charge in [-0.1, -0.05) is 0 Å². The van der Waals surface area contributed by atoms with Crippen LogP contribution in [0.2, 0.25) is 0 Å². The molecule has 2 aromatic heterocycles. The summed E-state index contributed by atoms with van der Waals surface area (Å²) in [5.74, 6) is 0. The third-order valence-electron chi connectivity index (χ3n) is 1.59. The first-order chi connectivity index (χ1) is 5.38. The van der Waals surface area contributed by atoms with Gasteiger partial charge in [0, 0.05) is 7.05 Å². The van der Waals surface area contributed by atoms with Crippen molar-refractivity contribution in [1.82, 2.24) is 19.5 Å². The Morgan fingerprint density at radius 2 is 2.27 bits per heavy atom. The molecule has 0 aliphatic carbocycles. The number of nitrogens with one attached hydrogen (secondary N) is 1. The van der Waals surface area contributed by atoms with E-state index in [-0.39, 0.29) is 0 Å². The number of H-pyrrole nitrogens is 1. The number of aryl methyl sites for hydroxylation is 1. The van der Waals surface area contributed by atoms with Gasteiger partial charge in [0.15, 0.2) is 0 Å². The van der Waals surface area contributed by atoms with E-state index < -0.39 is 0 Å². The van der Waals surface area contributed by atoms with Gasteiger partial charge in [-0.2, -0.15) is 0 Å². The minimum atomic E-state index is 0.991. The van der Waals surface area contributed by atoms with Gasteiger partial charge in [0.05, 0.1) is 36.4 Å². The fourth-order valence-electron chi connectivity index (χ4n) is 1.01. The van der Waals surface area contributed by atoms with Gasteiger partial charge in [0.1, 0.15) is 0 Å². The second-order valence-electron chi connectivity index (χ2n) is 2.36. The quantitative estimate of drug-likeness (QED) is 0.650. The molecule has 11 heavy (non-hydrogen) atoms. The molecule has 0 unspecified atom stereocenters. The summed E-state index contributed by atoms with van der Waals surface area (Å²) < 4.78 is 1.94. The van der Waals surface area contributed by atoms with E-state index in [9.17, 15) is 0 Å². The zero-order valence-corrected chi connectivity index (χ0v) is 6.15. The summed E-state index contributed by atoms with van der Waals surface area (Å²) in [4.78, 5) is 10.9. The molecule has 0 bridgehead atoms. The van der Waals surface area contributed by atoms with Gasteiger partial charge in [-0.25, -0.2) is 9.97 Å². The highest BCUT2D eigenvalue weighted by atomic mass is 15.0. The lowest BCUT2D eigenvalue weighted by molar-refractivity contribution is 0.918. The minimum absolute atomic E-state index is 0.991. The molecule has 0 amide bonds. The molecule has 1 N–H and O–H groups in total. The van der Waals surface area contributed by atoms with Gasteiger partial charge in [0.25, 0.3) is 0 Å². The lowest BCUT2D eigenvalue weighted by atomic mass is 10.4.